The summed E-state index contributed by atoms with van der Waals surface area (Å²) in [5, 5.41) is 2.65. The SMILES string of the molecule is Cc1c(Br)cccc1NC(=O)c1c[nH]c(=O)n(C)c1=O. The topological polar surface area (TPSA) is 84.0 Å². The normalized spacial score (nSPS) is 10.3. The van der Waals surface area contributed by atoms with Crippen LogP contribution in [0, 0.1) is 6.92 Å². The first kappa shape index (κ1) is 14.3. The van der Waals surface area contributed by atoms with Crippen molar-refractivity contribution in [3.8, 4) is 0 Å². The van der Waals surface area contributed by atoms with Crippen LogP contribution in [0.2, 0.25) is 0 Å². The predicted molar refractivity (Wildman–Crippen MR) is 79.1 cm³/mol. The molecule has 1 amide bonds. The number of H-pyrrole nitrogens is 1. The van der Waals surface area contributed by atoms with Gasteiger partial charge in [-0.3, -0.25) is 14.2 Å². The number of halogens is 1. The fourth-order valence-electron chi connectivity index (χ4n) is 1.66. The van der Waals surface area contributed by atoms with Crippen LogP contribution in [0.4, 0.5) is 5.69 Å². The van der Waals surface area contributed by atoms with E-state index in [-0.39, 0.29) is 5.56 Å². The number of benzene rings is 1. The summed E-state index contributed by atoms with van der Waals surface area (Å²) in [5.74, 6) is -0.567. The number of amides is 1. The number of hydrogen-bond acceptors (Lipinski definition) is 3. The maximum Gasteiger partial charge on any atom is 0.328 e. The summed E-state index contributed by atoms with van der Waals surface area (Å²) < 4.78 is 1.70. The van der Waals surface area contributed by atoms with Crippen LogP contribution in [0.25, 0.3) is 0 Å². The monoisotopic (exact) mass is 337 g/mol. The van der Waals surface area contributed by atoms with Gasteiger partial charge in [0, 0.05) is 23.4 Å². The van der Waals surface area contributed by atoms with Gasteiger partial charge in [-0.2, -0.15) is 0 Å². The van der Waals surface area contributed by atoms with Gasteiger partial charge < -0.3 is 10.3 Å². The lowest BCUT2D eigenvalue weighted by atomic mass is 10.2. The number of aromatic amines is 1. The first-order chi connectivity index (χ1) is 9.41. The number of nitrogens with one attached hydrogen (secondary N) is 2. The molecule has 6 nitrogen and oxygen atoms in total. The van der Waals surface area contributed by atoms with E-state index in [0.717, 1.165) is 20.8 Å². The van der Waals surface area contributed by atoms with Crippen molar-refractivity contribution in [3.05, 3.63) is 60.8 Å². The quantitative estimate of drug-likeness (QED) is 0.868. The summed E-state index contributed by atoms with van der Waals surface area (Å²) in [5.41, 5.74) is 0.121. The molecule has 0 saturated carbocycles. The van der Waals surface area contributed by atoms with Gasteiger partial charge in [0.15, 0.2) is 0 Å². The minimum Gasteiger partial charge on any atom is -0.321 e. The second-order valence-electron chi connectivity index (χ2n) is 4.24. The maximum absolute atomic E-state index is 12.1. The fourth-order valence-corrected chi connectivity index (χ4v) is 2.03. The zero-order chi connectivity index (χ0) is 14.9. The molecule has 1 aromatic heterocycles. The summed E-state index contributed by atoms with van der Waals surface area (Å²) in [6.45, 7) is 1.84. The Kier molecular flexibility index (Phi) is 3.89. The molecule has 2 aromatic rings. The Bertz CT molecular complexity index is 792. The highest BCUT2D eigenvalue weighted by Gasteiger charge is 2.14. The van der Waals surface area contributed by atoms with Crippen LogP contribution in [0.5, 0.6) is 0 Å². The Morgan fingerprint density at radius 1 is 1.35 bits per heavy atom. The molecule has 0 aliphatic heterocycles. The minimum atomic E-state index is -0.640. The van der Waals surface area contributed by atoms with Gasteiger partial charge in [0.2, 0.25) is 0 Å². The third-order valence-corrected chi connectivity index (χ3v) is 3.80. The van der Waals surface area contributed by atoms with Gasteiger partial charge >= 0.3 is 5.69 Å². The summed E-state index contributed by atoms with van der Waals surface area (Å²) in [6, 6.07) is 5.36. The second-order valence-corrected chi connectivity index (χ2v) is 5.09. The van der Waals surface area contributed by atoms with Gasteiger partial charge in [0.1, 0.15) is 5.56 Å². The maximum atomic E-state index is 12.1. The standard InChI is InChI=1S/C13H12BrN3O3/c1-7-9(14)4-3-5-10(7)16-11(18)8-6-15-13(20)17(2)12(8)19/h3-6H,1-2H3,(H,15,20)(H,16,18). The minimum absolute atomic E-state index is 0.119. The molecule has 20 heavy (non-hydrogen) atoms. The van der Waals surface area contributed by atoms with Crippen molar-refractivity contribution in [3.63, 3.8) is 0 Å². The largest absolute Gasteiger partial charge is 0.328 e. The lowest BCUT2D eigenvalue weighted by Crippen LogP contribution is -2.37. The zero-order valence-corrected chi connectivity index (χ0v) is 12.4. The van der Waals surface area contributed by atoms with Gasteiger partial charge in [-0.05, 0) is 24.6 Å². The van der Waals surface area contributed by atoms with Gasteiger partial charge in [0.05, 0.1) is 0 Å². The summed E-state index contributed by atoms with van der Waals surface area (Å²) in [6.07, 6.45) is 1.12. The molecule has 0 bridgehead atoms. The van der Waals surface area contributed by atoms with E-state index in [1.165, 1.54) is 7.05 Å². The van der Waals surface area contributed by atoms with Gasteiger partial charge in [-0.25, -0.2) is 4.79 Å². The summed E-state index contributed by atoms with van der Waals surface area (Å²) in [7, 11) is 1.31. The molecule has 2 N–H and O–H groups in total. The number of hydrogen-bond donors (Lipinski definition) is 2. The molecule has 0 atom stereocenters. The molecule has 0 fully saturated rings. The first-order valence-electron chi connectivity index (χ1n) is 5.77. The molecule has 0 aliphatic rings. The molecule has 0 aliphatic carbocycles. The van der Waals surface area contributed by atoms with Crippen molar-refractivity contribution in [1.29, 1.82) is 0 Å². The third-order valence-electron chi connectivity index (χ3n) is 2.94. The van der Waals surface area contributed by atoms with Crippen molar-refractivity contribution in [1.82, 2.24) is 9.55 Å². The van der Waals surface area contributed by atoms with Crippen LogP contribution in [-0.4, -0.2) is 15.5 Å². The molecule has 0 saturated heterocycles. The highest BCUT2D eigenvalue weighted by atomic mass is 79.9. The molecule has 1 aromatic carbocycles. The average Bonchev–Trinajstić information content (AvgIpc) is 2.41. The van der Waals surface area contributed by atoms with Crippen LogP contribution < -0.4 is 16.6 Å². The summed E-state index contributed by atoms with van der Waals surface area (Å²) in [4.78, 5) is 37.5. The first-order valence-corrected chi connectivity index (χ1v) is 6.56. The Labute approximate surface area is 122 Å². The van der Waals surface area contributed by atoms with Crippen molar-refractivity contribution in [2.24, 2.45) is 7.05 Å². The lowest BCUT2D eigenvalue weighted by Gasteiger charge is -2.09. The van der Waals surface area contributed by atoms with E-state index in [4.69, 9.17) is 0 Å². The lowest BCUT2D eigenvalue weighted by molar-refractivity contribution is 0.102. The smallest absolute Gasteiger partial charge is 0.321 e. The van der Waals surface area contributed by atoms with Crippen LogP contribution in [0.1, 0.15) is 15.9 Å². The predicted octanol–water partition coefficient (Wildman–Crippen LogP) is 1.40. The zero-order valence-electron chi connectivity index (χ0n) is 10.9. The van der Waals surface area contributed by atoms with E-state index in [0.29, 0.717) is 5.69 Å². The number of aromatic nitrogens is 2. The average molecular weight is 338 g/mol. The van der Waals surface area contributed by atoms with Crippen molar-refractivity contribution < 1.29 is 4.79 Å². The molecule has 0 unspecified atom stereocenters. The Morgan fingerprint density at radius 3 is 2.75 bits per heavy atom. The number of carbonyl (C=O) groups excluding carboxylic acids is 1. The number of rotatable bonds is 2. The summed E-state index contributed by atoms with van der Waals surface area (Å²) >= 11 is 3.36. The van der Waals surface area contributed by atoms with Crippen molar-refractivity contribution in [2.75, 3.05) is 5.32 Å². The molecule has 0 spiro atoms. The number of carbonyl (C=O) groups is 1. The van der Waals surface area contributed by atoms with Crippen LogP contribution in [0.3, 0.4) is 0 Å². The van der Waals surface area contributed by atoms with E-state index in [2.05, 4.69) is 26.2 Å². The van der Waals surface area contributed by atoms with Crippen LogP contribution in [0.15, 0.2) is 38.5 Å². The van der Waals surface area contributed by atoms with Crippen molar-refractivity contribution >= 4 is 27.5 Å². The number of anilines is 1. The Morgan fingerprint density at radius 2 is 2.05 bits per heavy atom. The van der Waals surface area contributed by atoms with E-state index in [1.54, 1.807) is 12.1 Å². The van der Waals surface area contributed by atoms with Crippen molar-refractivity contribution in [2.45, 2.75) is 6.92 Å². The van der Waals surface area contributed by atoms with E-state index >= 15 is 0 Å². The van der Waals surface area contributed by atoms with Gasteiger partial charge in [-0.1, -0.05) is 22.0 Å². The molecule has 1 heterocycles. The van der Waals surface area contributed by atoms with Gasteiger partial charge in [0.25, 0.3) is 11.5 Å². The molecule has 2 rings (SSSR count). The Hall–Kier alpha value is -2.15. The molecule has 104 valence electrons. The van der Waals surface area contributed by atoms with Gasteiger partial charge in [-0.15, -0.1) is 0 Å². The van der Waals surface area contributed by atoms with E-state index in [1.807, 2.05) is 13.0 Å². The van der Waals surface area contributed by atoms with Crippen LogP contribution in [-0.2, 0) is 7.05 Å². The highest BCUT2D eigenvalue weighted by molar-refractivity contribution is 9.10. The highest BCUT2D eigenvalue weighted by Crippen LogP contribution is 2.23. The number of nitrogens with zero attached hydrogens (tertiary/aromatic N) is 1. The Balaban J connectivity index is 2.39. The molecular weight excluding hydrogens is 326 g/mol. The van der Waals surface area contributed by atoms with Crippen LogP contribution >= 0.6 is 15.9 Å². The van der Waals surface area contributed by atoms with E-state index < -0.39 is 17.2 Å². The third kappa shape index (κ3) is 2.57. The molecular formula is C13H12BrN3O3. The fraction of sp³-hybridized carbons (Fsp3) is 0.154. The molecule has 0 radical (unpaired) electrons. The van der Waals surface area contributed by atoms with E-state index in [9.17, 15) is 14.4 Å². The molecule has 7 heteroatoms. The second kappa shape index (κ2) is 5.46.